The smallest absolute Gasteiger partial charge is 0.257 e. The van der Waals surface area contributed by atoms with Crippen LogP contribution in [0.3, 0.4) is 0 Å². The molecule has 1 amide bonds. The number of rotatable bonds is 4. The number of carbonyl (C=O) groups is 1. The van der Waals surface area contributed by atoms with Gasteiger partial charge >= 0.3 is 0 Å². The van der Waals surface area contributed by atoms with Crippen molar-refractivity contribution in [1.82, 2.24) is 9.78 Å². The number of benzene rings is 2. The molecule has 1 heterocycles. The predicted octanol–water partition coefficient (Wildman–Crippen LogP) is 6.41. The zero-order chi connectivity index (χ0) is 19.7. The molecule has 3 rings (SSSR count). The van der Waals surface area contributed by atoms with Gasteiger partial charge in [-0.25, -0.2) is 0 Å². The van der Waals surface area contributed by atoms with Crippen molar-refractivity contribution in [2.24, 2.45) is 0 Å². The first kappa shape index (κ1) is 20.0. The van der Waals surface area contributed by atoms with Crippen molar-refractivity contribution in [2.45, 2.75) is 20.4 Å². The fourth-order valence-electron chi connectivity index (χ4n) is 2.72. The number of nitrogens with one attached hydrogen (secondary N) is 1. The molecular weight excluding hydrogens is 428 g/mol. The maximum absolute atomic E-state index is 12.6. The van der Waals surface area contributed by atoms with E-state index in [0.717, 1.165) is 11.3 Å². The second kappa shape index (κ2) is 8.11. The van der Waals surface area contributed by atoms with E-state index in [1.165, 1.54) is 6.07 Å². The van der Waals surface area contributed by atoms with Crippen molar-refractivity contribution in [2.75, 3.05) is 5.32 Å². The van der Waals surface area contributed by atoms with E-state index in [9.17, 15) is 4.79 Å². The summed E-state index contributed by atoms with van der Waals surface area (Å²) in [6, 6.07) is 10.1. The van der Waals surface area contributed by atoms with Gasteiger partial charge in [-0.3, -0.25) is 9.48 Å². The Morgan fingerprint density at radius 2 is 1.70 bits per heavy atom. The highest BCUT2D eigenvalue weighted by Crippen LogP contribution is 2.28. The first-order valence-electron chi connectivity index (χ1n) is 8.01. The van der Waals surface area contributed by atoms with Crippen LogP contribution in [-0.2, 0) is 6.54 Å². The van der Waals surface area contributed by atoms with Crippen LogP contribution in [0.4, 0.5) is 5.69 Å². The van der Waals surface area contributed by atoms with Crippen molar-refractivity contribution in [3.63, 3.8) is 0 Å². The van der Waals surface area contributed by atoms with Gasteiger partial charge in [0.15, 0.2) is 0 Å². The number of aromatic nitrogens is 2. The Morgan fingerprint density at radius 1 is 1.04 bits per heavy atom. The second-order valence-electron chi connectivity index (χ2n) is 5.98. The summed E-state index contributed by atoms with van der Waals surface area (Å²) < 4.78 is 1.75. The monoisotopic (exact) mass is 441 g/mol. The molecule has 0 atom stereocenters. The van der Waals surface area contributed by atoms with Gasteiger partial charge in [0.05, 0.1) is 34.2 Å². The maximum Gasteiger partial charge on any atom is 0.257 e. The molecule has 3 aromatic rings. The highest BCUT2D eigenvalue weighted by molar-refractivity contribution is 6.37. The van der Waals surface area contributed by atoms with E-state index in [-0.39, 0.29) is 10.9 Å². The molecule has 0 saturated heterocycles. The summed E-state index contributed by atoms with van der Waals surface area (Å²) >= 11 is 24.5. The van der Waals surface area contributed by atoms with Crippen molar-refractivity contribution in [3.8, 4) is 0 Å². The summed E-state index contributed by atoms with van der Waals surface area (Å²) in [4.78, 5) is 12.6. The van der Waals surface area contributed by atoms with Gasteiger partial charge < -0.3 is 5.32 Å². The lowest BCUT2D eigenvalue weighted by molar-refractivity contribution is 0.102. The topological polar surface area (TPSA) is 46.9 Å². The second-order valence-corrected chi connectivity index (χ2v) is 7.64. The van der Waals surface area contributed by atoms with Gasteiger partial charge in [0.2, 0.25) is 0 Å². The van der Waals surface area contributed by atoms with Crippen LogP contribution in [0, 0.1) is 13.8 Å². The Balaban J connectivity index is 1.89. The van der Waals surface area contributed by atoms with Gasteiger partial charge in [-0.1, -0.05) is 52.5 Å². The Morgan fingerprint density at radius 3 is 2.33 bits per heavy atom. The average Bonchev–Trinajstić information content (AvgIpc) is 2.85. The standard InChI is InChI=1S/C19H15Cl4N3O/c1-10-18(24-19(27)13-7-6-12(20)8-17(13)23)11(2)26(25-10)9-14-15(21)4-3-5-16(14)22/h3-8H,9H2,1-2H3,(H,24,27). The van der Waals surface area contributed by atoms with Crippen LogP contribution in [0.25, 0.3) is 0 Å². The van der Waals surface area contributed by atoms with Crippen LogP contribution < -0.4 is 5.32 Å². The van der Waals surface area contributed by atoms with Gasteiger partial charge in [-0.2, -0.15) is 5.10 Å². The Labute approximate surface area is 177 Å². The van der Waals surface area contributed by atoms with Crippen molar-refractivity contribution < 1.29 is 4.79 Å². The third-order valence-electron chi connectivity index (χ3n) is 4.17. The Kier molecular flexibility index (Phi) is 6.02. The number of hydrogen-bond acceptors (Lipinski definition) is 2. The number of amides is 1. The quantitative estimate of drug-likeness (QED) is 0.507. The molecule has 1 N–H and O–H groups in total. The minimum Gasteiger partial charge on any atom is -0.319 e. The summed E-state index contributed by atoms with van der Waals surface area (Å²) in [5, 5.41) is 9.25. The maximum atomic E-state index is 12.6. The Bertz CT molecular complexity index is 1010. The fourth-order valence-corrected chi connectivity index (χ4v) is 3.73. The molecule has 8 heteroatoms. The molecule has 0 aliphatic heterocycles. The fraction of sp³-hybridized carbons (Fsp3) is 0.158. The van der Waals surface area contributed by atoms with E-state index in [0.29, 0.717) is 38.6 Å². The lowest BCUT2D eigenvalue weighted by Crippen LogP contribution is -2.14. The minimum absolute atomic E-state index is 0.283. The lowest BCUT2D eigenvalue weighted by atomic mass is 10.2. The van der Waals surface area contributed by atoms with E-state index < -0.39 is 0 Å². The van der Waals surface area contributed by atoms with Crippen LogP contribution in [-0.4, -0.2) is 15.7 Å². The summed E-state index contributed by atoms with van der Waals surface area (Å²) in [6.45, 7) is 4.07. The van der Waals surface area contributed by atoms with E-state index in [2.05, 4.69) is 10.4 Å². The molecule has 0 bridgehead atoms. The van der Waals surface area contributed by atoms with Gasteiger partial charge in [0.1, 0.15) is 0 Å². The summed E-state index contributed by atoms with van der Waals surface area (Å²) in [7, 11) is 0. The number of anilines is 1. The predicted molar refractivity (Wildman–Crippen MR) is 112 cm³/mol. The highest BCUT2D eigenvalue weighted by atomic mass is 35.5. The highest BCUT2D eigenvalue weighted by Gasteiger charge is 2.18. The minimum atomic E-state index is -0.335. The molecule has 0 radical (unpaired) electrons. The molecule has 1 aromatic heterocycles. The van der Waals surface area contributed by atoms with Gasteiger partial charge in [0.25, 0.3) is 5.91 Å². The average molecular weight is 443 g/mol. The van der Waals surface area contributed by atoms with Gasteiger partial charge in [-0.15, -0.1) is 0 Å². The van der Waals surface area contributed by atoms with Crippen LogP contribution in [0.1, 0.15) is 27.3 Å². The Hall–Kier alpha value is -1.72. The summed E-state index contributed by atoms with van der Waals surface area (Å²) in [5.41, 5.74) is 3.18. The van der Waals surface area contributed by atoms with E-state index in [4.69, 9.17) is 46.4 Å². The normalized spacial score (nSPS) is 10.9. The number of hydrogen-bond donors (Lipinski definition) is 1. The number of halogens is 4. The molecule has 27 heavy (non-hydrogen) atoms. The van der Waals surface area contributed by atoms with Crippen LogP contribution >= 0.6 is 46.4 Å². The molecule has 4 nitrogen and oxygen atoms in total. The summed E-state index contributed by atoms with van der Waals surface area (Å²) in [6.07, 6.45) is 0. The molecule has 0 aliphatic rings. The molecule has 0 saturated carbocycles. The third kappa shape index (κ3) is 4.25. The van der Waals surface area contributed by atoms with Gasteiger partial charge in [0, 0.05) is 20.6 Å². The summed E-state index contributed by atoms with van der Waals surface area (Å²) in [5.74, 6) is -0.335. The van der Waals surface area contributed by atoms with Crippen LogP contribution in [0.15, 0.2) is 36.4 Å². The molecule has 0 unspecified atom stereocenters. The molecule has 140 valence electrons. The first-order chi connectivity index (χ1) is 12.8. The SMILES string of the molecule is Cc1nn(Cc2c(Cl)cccc2Cl)c(C)c1NC(=O)c1ccc(Cl)cc1Cl. The molecule has 0 aliphatic carbocycles. The van der Waals surface area contributed by atoms with E-state index in [1.807, 2.05) is 13.8 Å². The van der Waals surface area contributed by atoms with Crippen molar-refractivity contribution in [1.29, 1.82) is 0 Å². The van der Waals surface area contributed by atoms with Gasteiger partial charge in [-0.05, 0) is 44.2 Å². The molecule has 2 aromatic carbocycles. The molecule has 0 spiro atoms. The molecular formula is C19H15Cl4N3O. The van der Waals surface area contributed by atoms with Crippen molar-refractivity contribution in [3.05, 3.63) is 79.0 Å². The molecule has 0 fully saturated rings. The van der Waals surface area contributed by atoms with E-state index in [1.54, 1.807) is 35.0 Å². The van der Waals surface area contributed by atoms with Crippen LogP contribution in [0.2, 0.25) is 20.1 Å². The number of carbonyl (C=O) groups excluding carboxylic acids is 1. The first-order valence-corrected chi connectivity index (χ1v) is 9.52. The third-order valence-corrected chi connectivity index (χ3v) is 5.42. The zero-order valence-electron chi connectivity index (χ0n) is 14.5. The van der Waals surface area contributed by atoms with E-state index >= 15 is 0 Å². The zero-order valence-corrected chi connectivity index (χ0v) is 17.5. The number of aryl methyl sites for hydroxylation is 1. The number of nitrogens with zero attached hydrogens (tertiary/aromatic N) is 2. The van der Waals surface area contributed by atoms with Crippen molar-refractivity contribution >= 4 is 58.0 Å². The largest absolute Gasteiger partial charge is 0.319 e. The lowest BCUT2D eigenvalue weighted by Gasteiger charge is -2.10. The van der Waals surface area contributed by atoms with Crippen LogP contribution in [0.5, 0.6) is 0 Å².